The number of ether oxygens (including phenoxy) is 1. The Morgan fingerprint density at radius 2 is 2.15 bits per heavy atom. The van der Waals surface area contributed by atoms with Crippen LogP contribution in [0.4, 0.5) is 0 Å². The van der Waals surface area contributed by atoms with E-state index >= 15 is 0 Å². The van der Waals surface area contributed by atoms with E-state index < -0.39 is 0 Å². The van der Waals surface area contributed by atoms with Crippen molar-refractivity contribution in [2.45, 2.75) is 50.9 Å². The fourth-order valence-electron chi connectivity index (χ4n) is 3.44. The number of rotatable bonds is 3. The number of hydrogen-bond acceptors (Lipinski definition) is 3. The molecule has 2 fully saturated rings. The first-order chi connectivity index (χ1) is 9.78. The van der Waals surface area contributed by atoms with Gasteiger partial charge in [0.25, 0.3) is 0 Å². The second kappa shape index (κ2) is 6.56. The molecule has 1 heterocycles. The van der Waals surface area contributed by atoms with Crippen LogP contribution in [-0.4, -0.2) is 30.2 Å². The molecule has 1 aliphatic heterocycles. The Morgan fingerprint density at radius 3 is 2.95 bits per heavy atom. The van der Waals surface area contributed by atoms with E-state index in [9.17, 15) is 0 Å². The van der Waals surface area contributed by atoms with Gasteiger partial charge in [-0.1, -0.05) is 40.9 Å². The Balaban J connectivity index is 1.72. The third kappa shape index (κ3) is 3.08. The standard InChI is InChI=1S/C16H23BrN2O/c17-14-9-12(10-18)5-6-13(14)11-19-7-8-20-16-4-2-1-3-15(16)19/h5-6,9,15-16H,1-4,7-8,10-11,18H2. The number of halogens is 1. The lowest BCUT2D eigenvalue weighted by Crippen LogP contribution is -2.52. The van der Waals surface area contributed by atoms with Crippen molar-refractivity contribution in [3.05, 3.63) is 33.8 Å². The zero-order valence-corrected chi connectivity index (χ0v) is 13.4. The summed E-state index contributed by atoms with van der Waals surface area (Å²) in [5.74, 6) is 0. The molecule has 2 unspecified atom stereocenters. The normalized spacial score (nSPS) is 27.3. The Kier molecular flexibility index (Phi) is 4.76. The lowest BCUT2D eigenvalue weighted by molar-refractivity contribution is -0.0911. The number of morpholine rings is 1. The van der Waals surface area contributed by atoms with Crippen molar-refractivity contribution in [3.63, 3.8) is 0 Å². The molecule has 0 bridgehead atoms. The van der Waals surface area contributed by atoms with E-state index in [2.05, 4.69) is 39.0 Å². The molecular weight excluding hydrogens is 316 g/mol. The molecule has 2 atom stereocenters. The van der Waals surface area contributed by atoms with Gasteiger partial charge in [-0.15, -0.1) is 0 Å². The number of benzene rings is 1. The molecule has 1 aromatic carbocycles. The van der Waals surface area contributed by atoms with Gasteiger partial charge in [-0.3, -0.25) is 4.90 Å². The molecular formula is C16H23BrN2O. The van der Waals surface area contributed by atoms with Crippen LogP contribution in [0.2, 0.25) is 0 Å². The molecule has 0 aromatic heterocycles. The number of nitrogens with zero attached hydrogens (tertiary/aromatic N) is 1. The largest absolute Gasteiger partial charge is 0.375 e. The summed E-state index contributed by atoms with van der Waals surface area (Å²) in [6.07, 6.45) is 5.63. The van der Waals surface area contributed by atoms with Crippen LogP contribution in [0, 0.1) is 0 Å². The topological polar surface area (TPSA) is 38.5 Å². The van der Waals surface area contributed by atoms with Crippen LogP contribution in [0.3, 0.4) is 0 Å². The second-order valence-corrected chi connectivity index (χ2v) is 6.72. The molecule has 4 heteroatoms. The first-order valence-electron chi connectivity index (χ1n) is 7.61. The Labute approximate surface area is 129 Å². The van der Waals surface area contributed by atoms with Crippen LogP contribution in [0.5, 0.6) is 0 Å². The van der Waals surface area contributed by atoms with Gasteiger partial charge < -0.3 is 10.5 Å². The smallest absolute Gasteiger partial charge is 0.0731 e. The summed E-state index contributed by atoms with van der Waals surface area (Å²) < 4.78 is 7.13. The van der Waals surface area contributed by atoms with Gasteiger partial charge >= 0.3 is 0 Å². The monoisotopic (exact) mass is 338 g/mol. The highest BCUT2D eigenvalue weighted by Gasteiger charge is 2.34. The van der Waals surface area contributed by atoms with Crippen LogP contribution in [-0.2, 0) is 17.8 Å². The summed E-state index contributed by atoms with van der Waals surface area (Å²) in [4.78, 5) is 2.61. The van der Waals surface area contributed by atoms with Crippen LogP contribution in [0.15, 0.2) is 22.7 Å². The van der Waals surface area contributed by atoms with Crippen LogP contribution in [0.25, 0.3) is 0 Å². The van der Waals surface area contributed by atoms with Crippen molar-refractivity contribution in [2.75, 3.05) is 13.2 Å². The predicted molar refractivity (Wildman–Crippen MR) is 84.4 cm³/mol. The van der Waals surface area contributed by atoms with Crippen LogP contribution < -0.4 is 5.73 Å². The summed E-state index contributed by atoms with van der Waals surface area (Å²) in [6, 6.07) is 7.10. The molecule has 1 aliphatic carbocycles. The highest BCUT2D eigenvalue weighted by atomic mass is 79.9. The SMILES string of the molecule is NCc1ccc(CN2CCOC3CCCCC32)c(Br)c1. The van der Waals surface area contributed by atoms with E-state index in [-0.39, 0.29) is 0 Å². The zero-order valence-electron chi connectivity index (χ0n) is 11.9. The average Bonchev–Trinajstić information content (AvgIpc) is 2.49. The summed E-state index contributed by atoms with van der Waals surface area (Å²) >= 11 is 3.69. The first-order valence-corrected chi connectivity index (χ1v) is 8.40. The van der Waals surface area contributed by atoms with Crippen molar-refractivity contribution in [2.24, 2.45) is 5.73 Å². The molecule has 0 spiro atoms. The number of hydrogen-bond donors (Lipinski definition) is 1. The fraction of sp³-hybridized carbons (Fsp3) is 0.625. The summed E-state index contributed by atoms with van der Waals surface area (Å²) in [5, 5.41) is 0. The molecule has 1 saturated carbocycles. The minimum Gasteiger partial charge on any atom is -0.375 e. The van der Waals surface area contributed by atoms with Gasteiger partial charge in [-0.2, -0.15) is 0 Å². The first kappa shape index (κ1) is 14.5. The van der Waals surface area contributed by atoms with Crippen LogP contribution >= 0.6 is 15.9 Å². The van der Waals surface area contributed by atoms with Crippen molar-refractivity contribution in [3.8, 4) is 0 Å². The highest BCUT2D eigenvalue weighted by Crippen LogP contribution is 2.30. The van der Waals surface area contributed by atoms with Crippen molar-refractivity contribution in [1.82, 2.24) is 4.90 Å². The summed E-state index contributed by atoms with van der Waals surface area (Å²) in [7, 11) is 0. The third-order valence-electron chi connectivity index (χ3n) is 4.57. The Morgan fingerprint density at radius 1 is 1.30 bits per heavy atom. The van der Waals surface area contributed by atoms with Crippen LogP contribution in [0.1, 0.15) is 36.8 Å². The second-order valence-electron chi connectivity index (χ2n) is 5.86. The van der Waals surface area contributed by atoms with E-state index in [4.69, 9.17) is 10.5 Å². The van der Waals surface area contributed by atoms with E-state index in [1.54, 1.807) is 0 Å². The van der Waals surface area contributed by atoms with Gasteiger partial charge in [0.05, 0.1) is 12.7 Å². The van der Waals surface area contributed by atoms with Gasteiger partial charge in [-0.05, 0) is 30.0 Å². The van der Waals surface area contributed by atoms with Gasteiger partial charge in [0, 0.05) is 30.1 Å². The molecule has 3 nitrogen and oxygen atoms in total. The Hall–Kier alpha value is -0.420. The quantitative estimate of drug-likeness (QED) is 0.920. The Bertz CT molecular complexity index is 464. The summed E-state index contributed by atoms with van der Waals surface area (Å²) in [6.45, 7) is 3.53. The highest BCUT2D eigenvalue weighted by molar-refractivity contribution is 9.10. The predicted octanol–water partition coefficient (Wildman–Crippen LogP) is 3.05. The average molecular weight is 339 g/mol. The fourth-order valence-corrected chi connectivity index (χ4v) is 3.99. The summed E-state index contributed by atoms with van der Waals surface area (Å²) in [5.41, 5.74) is 8.23. The molecule has 0 amide bonds. The van der Waals surface area contributed by atoms with Gasteiger partial charge in [-0.25, -0.2) is 0 Å². The minimum atomic E-state index is 0.458. The molecule has 20 heavy (non-hydrogen) atoms. The van der Waals surface area contributed by atoms with E-state index in [1.807, 2.05) is 0 Å². The van der Waals surface area contributed by atoms with Gasteiger partial charge in [0.1, 0.15) is 0 Å². The van der Waals surface area contributed by atoms with Crippen molar-refractivity contribution in [1.29, 1.82) is 0 Å². The maximum Gasteiger partial charge on any atom is 0.0731 e. The van der Waals surface area contributed by atoms with Gasteiger partial charge in [0.15, 0.2) is 0 Å². The maximum absolute atomic E-state index is 5.95. The van der Waals surface area contributed by atoms with E-state index in [0.717, 1.165) is 19.7 Å². The third-order valence-corrected chi connectivity index (χ3v) is 5.31. The van der Waals surface area contributed by atoms with Crippen molar-refractivity contribution >= 4 is 15.9 Å². The zero-order chi connectivity index (χ0) is 13.9. The minimum absolute atomic E-state index is 0.458. The van der Waals surface area contributed by atoms with E-state index in [0.29, 0.717) is 18.7 Å². The number of fused-ring (bicyclic) bond motifs is 1. The van der Waals surface area contributed by atoms with E-state index in [1.165, 1.54) is 41.3 Å². The molecule has 3 rings (SSSR count). The molecule has 2 aliphatic rings. The lowest BCUT2D eigenvalue weighted by Gasteiger charge is -2.44. The number of nitrogens with two attached hydrogens (primary N) is 1. The maximum atomic E-state index is 5.95. The molecule has 0 radical (unpaired) electrons. The molecule has 1 aromatic rings. The van der Waals surface area contributed by atoms with Crippen molar-refractivity contribution < 1.29 is 4.74 Å². The molecule has 2 N–H and O–H groups in total. The molecule has 1 saturated heterocycles. The van der Waals surface area contributed by atoms with Gasteiger partial charge in [0.2, 0.25) is 0 Å². The molecule has 110 valence electrons. The lowest BCUT2D eigenvalue weighted by atomic mass is 9.90.